The number of phenols is 1. The Kier molecular flexibility index (Phi) is 4.33. The molecule has 1 aromatic carbocycles. The number of phenolic OH excluding ortho intramolecular Hbond substituents is 1. The average molecular weight is 238 g/mol. The first-order chi connectivity index (χ1) is 8.02. The Balaban J connectivity index is 2.70. The first-order valence-electron chi connectivity index (χ1n) is 5.02. The minimum absolute atomic E-state index is 0.111. The molecule has 0 saturated carbocycles. The highest BCUT2D eigenvalue weighted by Crippen LogP contribution is 2.11. The van der Waals surface area contributed by atoms with E-state index in [1.807, 2.05) is 0 Å². The van der Waals surface area contributed by atoms with Gasteiger partial charge in [-0.05, 0) is 17.7 Å². The summed E-state index contributed by atoms with van der Waals surface area (Å²) in [7, 11) is 1.41. The third kappa shape index (κ3) is 4.02. The molecule has 0 spiro atoms. The van der Waals surface area contributed by atoms with Crippen LogP contribution < -0.4 is 10.6 Å². The molecule has 0 fully saturated rings. The van der Waals surface area contributed by atoms with Crippen molar-refractivity contribution >= 4 is 12.0 Å². The fraction of sp³-hybridized carbons (Fsp3) is 0.273. The van der Waals surface area contributed by atoms with Gasteiger partial charge in [0.1, 0.15) is 11.8 Å². The number of urea groups is 1. The van der Waals surface area contributed by atoms with E-state index in [4.69, 9.17) is 10.2 Å². The van der Waals surface area contributed by atoms with Crippen molar-refractivity contribution in [2.24, 2.45) is 0 Å². The van der Waals surface area contributed by atoms with Gasteiger partial charge in [-0.1, -0.05) is 12.1 Å². The van der Waals surface area contributed by atoms with Crippen LogP contribution in [0.1, 0.15) is 5.56 Å². The number of aliphatic carboxylic acids is 1. The maximum atomic E-state index is 11.0. The van der Waals surface area contributed by atoms with E-state index in [1.165, 1.54) is 19.2 Å². The van der Waals surface area contributed by atoms with E-state index in [-0.39, 0.29) is 12.2 Å². The number of carboxylic acids is 1. The molecule has 0 aliphatic rings. The first kappa shape index (κ1) is 12.8. The van der Waals surface area contributed by atoms with Crippen LogP contribution in [0.5, 0.6) is 5.75 Å². The zero-order chi connectivity index (χ0) is 12.8. The second-order valence-corrected chi connectivity index (χ2v) is 3.48. The van der Waals surface area contributed by atoms with E-state index in [1.54, 1.807) is 12.1 Å². The fourth-order valence-corrected chi connectivity index (χ4v) is 1.30. The number of carboxylic acid groups (broad SMARTS) is 1. The molecule has 6 nitrogen and oxygen atoms in total. The van der Waals surface area contributed by atoms with Crippen LogP contribution in [-0.4, -0.2) is 35.3 Å². The van der Waals surface area contributed by atoms with Gasteiger partial charge in [0, 0.05) is 13.5 Å². The Morgan fingerprint density at radius 2 is 1.88 bits per heavy atom. The average Bonchev–Trinajstić information content (AvgIpc) is 2.30. The van der Waals surface area contributed by atoms with Gasteiger partial charge in [0.05, 0.1) is 0 Å². The molecule has 17 heavy (non-hydrogen) atoms. The third-order valence-electron chi connectivity index (χ3n) is 2.21. The first-order valence-corrected chi connectivity index (χ1v) is 5.02. The van der Waals surface area contributed by atoms with Crippen LogP contribution in [0, 0.1) is 0 Å². The number of hydrogen-bond acceptors (Lipinski definition) is 3. The SMILES string of the molecule is CNC(=O)NC(Cc1ccc(O)cc1)C(=O)O. The summed E-state index contributed by atoms with van der Waals surface area (Å²) in [5.41, 5.74) is 0.714. The van der Waals surface area contributed by atoms with Crippen LogP contribution in [-0.2, 0) is 11.2 Å². The van der Waals surface area contributed by atoms with E-state index in [0.717, 1.165) is 0 Å². The van der Waals surface area contributed by atoms with Crippen molar-refractivity contribution < 1.29 is 19.8 Å². The molecular weight excluding hydrogens is 224 g/mol. The summed E-state index contributed by atoms with van der Waals surface area (Å²) in [6, 6.07) is 4.60. The van der Waals surface area contributed by atoms with Crippen LogP contribution in [0.15, 0.2) is 24.3 Å². The van der Waals surface area contributed by atoms with Gasteiger partial charge in [-0.15, -0.1) is 0 Å². The monoisotopic (exact) mass is 238 g/mol. The van der Waals surface area contributed by atoms with Gasteiger partial charge >= 0.3 is 12.0 Å². The van der Waals surface area contributed by atoms with Crippen LogP contribution in [0.2, 0.25) is 0 Å². The summed E-state index contributed by atoms with van der Waals surface area (Å²) in [6.45, 7) is 0. The van der Waals surface area contributed by atoms with Crippen molar-refractivity contribution in [3.8, 4) is 5.75 Å². The van der Waals surface area contributed by atoms with Gasteiger partial charge in [-0.25, -0.2) is 9.59 Å². The second kappa shape index (κ2) is 5.74. The van der Waals surface area contributed by atoms with Crippen LogP contribution >= 0.6 is 0 Å². The van der Waals surface area contributed by atoms with E-state index >= 15 is 0 Å². The van der Waals surface area contributed by atoms with Crippen molar-refractivity contribution in [1.82, 2.24) is 10.6 Å². The lowest BCUT2D eigenvalue weighted by molar-refractivity contribution is -0.139. The number of benzene rings is 1. The number of hydrogen-bond donors (Lipinski definition) is 4. The van der Waals surface area contributed by atoms with Crippen LogP contribution in [0.4, 0.5) is 4.79 Å². The van der Waals surface area contributed by atoms with Crippen LogP contribution in [0.25, 0.3) is 0 Å². The highest BCUT2D eigenvalue weighted by molar-refractivity contribution is 5.82. The Bertz CT molecular complexity index is 402. The van der Waals surface area contributed by atoms with Crippen molar-refractivity contribution in [2.45, 2.75) is 12.5 Å². The Labute approximate surface area is 98.3 Å². The van der Waals surface area contributed by atoms with Crippen molar-refractivity contribution in [3.63, 3.8) is 0 Å². The molecule has 6 heteroatoms. The summed E-state index contributed by atoms with van der Waals surface area (Å²) in [5.74, 6) is -0.999. The number of rotatable bonds is 4. The maximum Gasteiger partial charge on any atom is 0.326 e. The normalized spacial score (nSPS) is 11.6. The van der Waals surface area contributed by atoms with Crippen LogP contribution in [0.3, 0.4) is 0 Å². The van der Waals surface area contributed by atoms with Gasteiger partial charge in [0.15, 0.2) is 0 Å². The van der Waals surface area contributed by atoms with E-state index in [0.29, 0.717) is 5.56 Å². The summed E-state index contributed by atoms with van der Waals surface area (Å²) in [5, 5.41) is 22.6. The zero-order valence-corrected chi connectivity index (χ0v) is 9.30. The smallest absolute Gasteiger partial charge is 0.326 e. The minimum Gasteiger partial charge on any atom is -0.508 e. The molecule has 2 amide bonds. The summed E-state index contributed by atoms with van der Waals surface area (Å²) < 4.78 is 0. The minimum atomic E-state index is -1.11. The molecule has 4 N–H and O–H groups in total. The van der Waals surface area contributed by atoms with Gasteiger partial charge in [-0.3, -0.25) is 0 Å². The Morgan fingerprint density at radius 3 is 2.35 bits per heavy atom. The molecule has 0 aliphatic heterocycles. The maximum absolute atomic E-state index is 11.0. The van der Waals surface area contributed by atoms with Crippen molar-refractivity contribution in [3.05, 3.63) is 29.8 Å². The molecule has 1 unspecified atom stereocenters. The second-order valence-electron chi connectivity index (χ2n) is 3.48. The predicted octanol–water partition coefficient (Wildman–Crippen LogP) is 0.317. The lowest BCUT2D eigenvalue weighted by atomic mass is 10.1. The molecule has 0 aromatic heterocycles. The van der Waals surface area contributed by atoms with Crippen molar-refractivity contribution in [1.29, 1.82) is 0 Å². The summed E-state index contributed by atoms with van der Waals surface area (Å²) in [6.07, 6.45) is 0.156. The fourth-order valence-electron chi connectivity index (χ4n) is 1.30. The topological polar surface area (TPSA) is 98.7 Å². The molecule has 0 saturated heterocycles. The number of carbonyl (C=O) groups excluding carboxylic acids is 1. The number of amides is 2. The molecular formula is C11H14N2O4. The highest BCUT2D eigenvalue weighted by atomic mass is 16.4. The lowest BCUT2D eigenvalue weighted by Crippen LogP contribution is -2.46. The van der Waals surface area contributed by atoms with Gasteiger partial charge in [0.25, 0.3) is 0 Å². The summed E-state index contributed by atoms with van der Waals surface area (Å²) in [4.78, 5) is 22.0. The van der Waals surface area contributed by atoms with E-state index in [9.17, 15) is 9.59 Å². The third-order valence-corrected chi connectivity index (χ3v) is 2.21. The number of aromatic hydroxyl groups is 1. The molecule has 1 rings (SSSR count). The molecule has 0 heterocycles. The molecule has 92 valence electrons. The molecule has 0 radical (unpaired) electrons. The Morgan fingerprint density at radius 1 is 1.29 bits per heavy atom. The number of nitrogens with one attached hydrogen (secondary N) is 2. The van der Waals surface area contributed by atoms with Gasteiger partial charge < -0.3 is 20.8 Å². The van der Waals surface area contributed by atoms with E-state index in [2.05, 4.69) is 10.6 Å². The van der Waals surface area contributed by atoms with E-state index < -0.39 is 18.0 Å². The Hall–Kier alpha value is -2.24. The molecule has 0 bridgehead atoms. The largest absolute Gasteiger partial charge is 0.508 e. The lowest BCUT2D eigenvalue weighted by Gasteiger charge is -2.14. The van der Waals surface area contributed by atoms with Crippen molar-refractivity contribution in [2.75, 3.05) is 7.05 Å². The zero-order valence-electron chi connectivity index (χ0n) is 9.30. The molecule has 0 aliphatic carbocycles. The summed E-state index contributed by atoms with van der Waals surface area (Å²) >= 11 is 0. The highest BCUT2D eigenvalue weighted by Gasteiger charge is 2.19. The quantitative estimate of drug-likeness (QED) is 0.607. The molecule has 1 atom stereocenters. The van der Waals surface area contributed by atoms with Gasteiger partial charge in [0.2, 0.25) is 0 Å². The van der Waals surface area contributed by atoms with Gasteiger partial charge in [-0.2, -0.15) is 0 Å². The standard InChI is InChI=1S/C11H14N2O4/c1-12-11(17)13-9(10(15)16)6-7-2-4-8(14)5-3-7/h2-5,9,14H,6H2,1H3,(H,15,16)(H2,12,13,17). The predicted molar refractivity (Wildman–Crippen MR) is 60.8 cm³/mol. The molecule has 1 aromatic rings. The number of carbonyl (C=O) groups is 2.